The quantitative estimate of drug-likeness (QED) is 0.534. The van der Waals surface area contributed by atoms with Crippen molar-refractivity contribution in [1.29, 1.82) is 0 Å². The van der Waals surface area contributed by atoms with Crippen molar-refractivity contribution in [2.45, 2.75) is 32.6 Å². The Labute approximate surface area is 162 Å². The van der Waals surface area contributed by atoms with Gasteiger partial charge in [0.25, 0.3) is 10.0 Å². The van der Waals surface area contributed by atoms with Crippen LogP contribution in [0.5, 0.6) is 0 Å². The first kappa shape index (κ1) is 18.9. The largest absolute Gasteiger partial charge is 0.294 e. The van der Waals surface area contributed by atoms with E-state index in [1.807, 2.05) is 27.7 Å². The summed E-state index contributed by atoms with van der Waals surface area (Å²) < 4.78 is 28.3. The molecule has 4 nitrogen and oxygen atoms in total. The van der Waals surface area contributed by atoms with Crippen LogP contribution in [-0.2, 0) is 10.0 Å². The van der Waals surface area contributed by atoms with Gasteiger partial charge in [-0.25, -0.2) is 12.4 Å². The Balaban J connectivity index is 2.31. The Morgan fingerprint density at radius 3 is 2.23 bits per heavy atom. The molecule has 0 N–H and O–H groups in total. The molecule has 0 aliphatic carbocycles. The fraction of sp³-hybridized carbons (Fsp3) is 0.250. The second-order valence-electron chi connectivity index (χ2n) is 7.40. The zero-order valence-electron chi connectivity index (χ0n) is 15.1. The number of benzene rings is 2. The van der Waals surface area contributed by atoms with Gasteiger partial charge in [-0.05, 0) is 37.3 Å². The molecule has 3 aromatic rings. The fourth-order valence-electron chi connectivity index (χ4n) is 2.78. The average molecular weight is 434 g/mol. The molecule has 3 rings (SSSR count). The summed E-state index contributed by atoms with van der Waals surface area (Å²) in [5.74, 6) is -0.0987. The standard InChI is InChI=1S/C20H20BrNO3S/c1-13-5-8-15(9-6-13)26(24,25)22-12-17(19(23)20(2,3)4)16-11-14(21)7-10-18(16)22/h5-12H,1-4H3. The lowest BCUT2D eigenvalue weighted by Crippen LogP contribution is -2.20. The Hall–Kier alpha value is -1.92. The molecule has 136 valence electrons. The van der Waals surface area contributed by atoms with Crippen LogP contribution in [0.4, 0.5) is 0 Å². The molecule has 2 aromatic carbocycles. The minimum atomic E-state index is -3.80. The Morgan fingerprint density at radius 2 is 1.65 bits per heavy atom. The molecule has 0 spiro atoms. The number of carbonyl (C=O) groups is 1. The van der Waals surface area contributed by atoms with E-state index in [1.54, 1.807) is 42.5 Å². The molecule has 0 aliphatic rings. The number of ketones is 1. The van der Waals surface area contributed by atoms with Gasteiger partial charge in [0.15, 0.2) is 5.78 Å². The molecule has 0 saturated carbocycles. The van der Waals surface area contributed by atoms with Crippen molar-refractivity contribution in [3.63, 3.8) is 0 Å². The minimum Gasteiger partial charge on any atom is -0.294 e. The van der Waals surface area contributed by atoms with Crippen molar-refractivity contribution in [1.82, 2.24) is 3.97 Å². The van der Waals surface area contributed by atoms with Gasteiger partial charge in [-0.3, -0.25) is 4.79 Å². The lowest BCUT2D eigenvalue weighted by molar-refractivity contribution is 0.0860. The van der Waals surface area contributed by atoms with Crippen LogP contribution in [0, 0.1) is 12.3 Å². The maximum atomic E-state index is 13.2. The van der Waals surface area contributed by atoms with E-state index in [0.717, 1.165) is 10.0 Å². The van der Waals surface area contributed by atoms with Crippen LogP contribution < -0.4 is 0 Å². The van der Waals surface area contributed by atoms with E-state index in [4.69, 9.17) is 0 Å². The molecule has 0 saturated heterocycles. The van der Waals surface area contributed by atoms with E-state index in [1.165, 1.54) is 10.2 Å². The first-order chi connectivity index (χ1) is 12.0. The summed E-state index contributed by atoms with van der Waals surface area (Å²) in [5.41, 5.74) is 1.26. The second kappa shape index (κ2) is 6.35. The molecule has 0 radical (unpaired) electrons. The predicted molar refractivity (Wildman–Crippen MR) is 107 cm³/mol. The highest BCUT2D eigenvalue weighted by atomic mass is 79.9. The third-order valence-corrected chi connectivity index (χ3v) is 6.42. The first-order valence-corrected chi connectivity index (χ1v) is 10.4. The van der Waals surface area contributed by atoms with Crippen LogP contribution in [0.1, 0.15) is 36.7 Å². The number of nitrogens with zero attached hydrogens (tertiary/aromatic N) is 1. The summed E-state index contributed by atoms with van der Waals surface area (Å²) in [5, 5.41) is 0.620. The van der Waals surface area contributed by atoms with Crippen molar-refractivity contribution >= 4 is 42.6 Å². The molecule has 0 fully saturated rings. The van der Waals surface area contributed by atoms with Crippen LogP contribution in [0.15, 0.2) is 58.0 Å². The van der Waals surface area contributed by atoms with E-state index in [0.29, 0.717) is 16.5 Å². The van der Waals surface area contributed by atoms with Crippen LogP contribution in [0.2, 0.25) is 0 Å². The SMILES string of the molecule is Cc1ccc(S(=O)(=O)n2cc(C(=O)C(C)(C)C)c3cc(Br)ccc32)cc1. The third-order valence-electron chi connectivity index (χ3n) is 4.24. The first-order valence-electron chi connectivity index (χ1n) is 8.19. The van der Waals surface area contributed by atoms with E-state index in [9.17, 15) is 13.2 Å². The van der Waals surface area contributed by atoms with Gasteiger partial charge >= 0.3 is 0 Å². The van der Waals surface area contributed by atoms with Gasteiger partial charge in [0.05, 0.1) is 10.4 Å². The zero-order valence-corrected chi connectivity index (χ0v) is 17.5. The van der Waals surface area contributed by atoms with E-state index < -0.39 is 15.4 Å². The van der Waals surface area contributed by atoms with Gasteiger partial charge in [0, 0.05) is 27.0 Å². The molecule has 0 amide bonds. The Kier molecular flexibility index (Phi) is 4.61. The number of rotatable bonds is 3. The molecule has 26 heavy (non-hydrogen) atoms. The number of hydrogen-bond donors (Lipinski definition) is 0. The number of Topliss-reactive ketones (excluding diaryl/α,β-unsaturated/α-hetero) is 1. The summed E-state index contributed by atoms with van der Waals surface area (Å²) in [6.45, 7) is 7.37. The normalized spacial score (nSPS) is 12.5. The van der Waals surface area contributed by atoms with Crippen molar-refractivity contribution in [2.75, 3.05) is 0 Å². The number of aromatic nitrogens is 1. The van der Waals surface area contributed by atoms with Gasteiger partial charge in [0.2, 0.25) is 0 Å². The van der Waals surface area contributed by atoms with E-state index in [-0.39, 0.29) is 10.7 Å². The minimum absolute atomic E-state index is 0.0987. The van der Waals surface area contributed by atoms with Crippen molar-refractivity contribution in [3.05, 3.63) is 64.3 Å². The van der Waals surface area contributed by atoms with E-state index >= 15 is 0 Å². The third kappa shape index (κ3) is 3.23. The summed E-state index contributed by atoms with van der Waals surface area (Å²) in [7, 11) is -3.80. The smallest absolute Gasteiger partial charge is 0.268 e. The predicted octanol–water partition coefficient (Wildman–Crippen LogP) is 5.18. The topological polar surface area (TPSA) is 56.1 Å². The van der Waals surface area contributed by atoms with Crippen LogP contribution in [0.25, 0.3) is 10.9 Å². The molecular weight excluding hydrogens is 414 g/mol. The molecule has 6 heteroatoms. The number of carbonyl (C=O) groups excluding carboxylic acids is 1. The number of hydrogen-bond acceptors (Lipinski definition) is 3. The van der Waals surface area contributed by atoms with Gasteiger partial charge in [-0.15, -0.1) is 0 Å². The Morgan fingerprint density at radius 1 is 1.04 bits per heavy atom. The summed E-state index contributed by atoms with van der Waals surface area (Å²) in [4.78, 5) is 13.1. The average Bonchev–Trinajstić information content (AvgIpc) is 2.92. The fourth-order valence-corrected chi connectivity index (χ4v) is 4.51. The Bertz CT molecular complexity index is 1100. The van der Waals surface area contributed by atoms with E-state index in [2.05, 4.69) is 15.9 Å². The van der Waals surface area contributed by atoms with Crippen LogP contribution >= 0.6 is 15.9 Å². The molecular formula is C20H20BrNO3S. The lowest BCUT2D eigenvalue weighted by atomic mass is 9.86. The van der Waals surface area contributed by atoms with Crippen molar-refractivity contribution < 1.29 is 13.2 Å². The second-order valence-corrected chi connectivity index (χ2v) is 10.1. The lowest BCUT2D eigenvalue weighted by Gasteiger charge is -2.15. The zero-order chi connectivity index (χ0) is 19.3. The molecule has 1 aromatic heterocycles. The number of fused-ring (bicyclic) bond motifs is 1. The van der Waals surface area contributed by atoms with Gasteiger partial charge in [-0.2, -0.15) is 0 Å². The molecule has 0 aliphatic heterocycles. The van der Waals surface area contributed by atoms with Gasteiger partial charge < -0.3 is 0 Å². The molecule has 0 bridgehead atoms. The van der Waals surface area contributed by atoms with Gasteiger partial charge in [-0.1, -0.05) is 54.4 Å². The van der Waals surface area contributed by atoms with Crippen molar-refractivity contribution in [2.24, 2.45) is 5.41 Å². The molecule has 0 unspecified atom stereocenters. The van der Waals surface area contributed by atoms with Crippen LogP contribution in [0.3, 0.4) is 0 Å². The maximum absolute atomic E-state index is 13.2. The number of aryl methyl sites for hydroxylation is 1. The highest BCUT2D eigenvalue weighted by Gasteiger charge is 2.29. The highest BCUT2D eigenvalue weighted by Crippen LogP contribution is 2.32. The summed E-state index contributed by atoms with van der Waals surface area (Å²) >= 11 is 3.41. The number of halogens is 1. The maximum Gasteiger partial charge on any atom is 0.268 e. The summed E-state index contributed by atoms with van der Waals surface area (Å²) in [6.07, 6.45) is 1.44. The van der Waals surface area contributed by atoms with Gasteiger partial charge in [0.1, 0.15) is 0 Å². The van der Waals surface area contributed by atoms with Crippen LogP contribution in [-0.4, -0.2) is 18.2 Å². The molecule has 0 atom stereocenters. The molecule has 1 heterocycles. The monoisotopic (exact) mass is 433 g/mol. The summed E-state index contributed by atoms with van der Waals surface area (Å²) in [6, 6.07) is 12.0. The highest BCUT2D eigenvalue weighted by molar-refractivity contribution is 9.10. The van der Waals surface area contributed by atoms with Crippen molar-refractivity contribution in [3.8, 4) is 0 Å².